The molecule has 0 amide bonds. The smallest absolute Gasteiger partial charge is 0.356 e. The first-order valence-corrected chi connectivity index (χ1v) is 9.45. The minimum Gasteiger partial charge on any atom is -0.356 e. The lowest BCUT2D eigenvalue weighted by Crippen LogP contribution is -2.41. The maximum absolute atomic E-state index is 12.5. The molecule has 2 aromatic rings. The summed E-state index contributed by atoms with van der Waals surface area (Å²) in [4.78, 5) is 9.94. The molecule has 0 aliphatic rings. The molecule has 2 N–H and O–H groups in total. The molecule has 0 saturated carbocycles. The van der Waals surface area contributed by atoms with Gasteiger partial charge in [0.25, 0.3) is 0 Å². The molecular weight excluding hydrogens is 375 g/mol. The van der Waals surface area contributed by atoms with Crippen molar-refractivity contribution in [3.8, 4) is 0 Å². The van der Waals surface area contributed by atoms with Gasteiger partial charge in [-0.3, -0.25) is 4.99 Å². The van der Waals surface area contributed by atoms with Gasteiger partial charge in [0.2, 0.25) is 0 Å². The number of likely N-dealkylation sites (N-methyl/N-ethyl adjacent to an activating group) is 1. The Bertz CT molecular complexity index is 715. The van der Waals surface area contributed by atoms with Gasteiger partial charge in [0.15, 0.2) is 11.7 Å². The summed E-state index contributed by atoms with van der Waals surface area (Å²) in [6.45, 7) is 2.86. The van der Waals surface area contributed by atoms with E-state index in [0.717, 1.165) is 29.8 Å². The average Bonchev–Trinajstić information content (AvgIpc) is 3.10. The molecule has 0 bridgehead atoms. The quantitative estimate of drug-likeness (QED) is 0.529. The van der Waals surface area contributed by atoms with E-state index < -0.39 is 11.9 Å². The van der Waals surface area contributed by atoms with Crippen LogP contribution in [-0.4, -0.2) is 49.6 Å². The van der Waals surface area contributed by atoms with Crippen LogP contribution in [0.2, 0.25) is 0 Å². The Labute approximate surface area is 161 Å². The van der Waals surface area contributed by atoms with Gasteiger partial charge in [0.05, 0.1) is 5.01 Å². The number of nitrogens with zero attached hydrogens (tertiary/aromatic N) is 3. The highest BCUT2D eigenvalue weighted by Crippen LogP contribution is 2.29. The molecule has 0 saturated heterocycles. The van der Waals surface area contributed by atoms with E-state index in [1.165, 1.54) is 5.56 Å². The zero-order chi connectivity index (χ0) is 19.7. The minimum atomic E-state index is -4.38. The van der Waals surface area contributed by atoms with Crippen LogP contribution in [0.3, 0.4) is 0 Å². The number of thiazole rings is 1. The third kappa shape index (κ3) is 7.56. The van der Waals surface area contributed by atoms with E-state index in [1.54, 1.807) is 7.05 Å². The molecule has 1 aromatic carbocycles. The number of rotatable bonds is 8. The Morgan fingerprint density at radius 1 is 1.19 bits per heavy atom. The van der Waals surface area contributed by atoms with Crippen LogP contribution in [-0.2, 0) is 19.1 Å². The van der Waals surface area contributed by atoms with Crippen LogP contribution in [0.4, 0.5) is 13.2 Å². The Balaban J connectivity index is 1.66. The average molecular weight is 399 g/mol. The normalized spacial score (nSPS) is 12.4. The maximum Gasteiger partial charge on any atom is 0.434 e. The highest BCUT2D eigenvalue weighted by atomic mass is 32.1. The first-order chi connectivity index (χ1) is 12.9. The second-order valence-electron chi connectivity index (χ2n) is 6.02. The Morgan fingerprint density at radius 3 is 2.52 bits per heavy atom. The van der Waals surface area contributed by atoms with Crippen molar-refractivity contribution >= 4 is 17.3 Å². The molecule has 0 atom stereocenters. The van der Waals surface area contributed by atoms with Gasteiger partial charge in [-0.2, -0.15) is 13.2 Å². The van der Waals surface area contributed by atoms with Crippen LogP contribution in [0.15, 0.2) is 40.7 Å². The fourth-order valence-electron chi connectivity index (χ4n) is 2.40. The van der Waals surface area contributed by atoms with Crippen LogP contribution in [0.1, 0.15) is 16.3 Å². The van der Waals surface area contributed by atoms with E-state index in [9.17, 15) is 13.2 Å². The minimum absolute atomic E-state index is 0.412. The largest absolute Gasteiger partial charge is 0.434 e. The monoisotopic (exact) mass is 399 g/mol. The van der Waals surface area contributed by atoms with Crippen molar-refractivity contribution < 1.29 is 13.2 Å². The molecule has 9 heteroatoms. The van der Waals surface area contributed by atoms with Crippen LogP contribution >= 0.6 is 11.3 Å². The van der Waals surface area contributed by atoms with Gasteiger partial charge >= 0.3 is 6.18 Å². The van der Waals surface area contributed by atoms with Crippen LogP contribution in [0.5, 0.6) is 0 Å². The molecule has 27 heavy (non-hydrogen) atoms. The zero-order valence-electron chi connectivity index (χ0n) is 15.4. The zero-order valence-corrected chi connectivity index (χ0v) is 16.2. The molecule has 0 spiro atoms. The molecule has 1 aromatic heterocycles. The Morgan fingerprint density at radius 2 is 1.89 bits per heavy atom. The number of alkyl halides is 3. The lowest BCUT2D eigenvalue weighted by molar-refractivity contribution is -0.140. The van der Waals surface area contributed by atoms with Gasteiger partial charge in [0, 0.05) is 45.0 Å². The van der Waals surface area contributed by atoms with Gasteiger partial charge < -0.3 is 15.5 Å². The van der Waals surface area contributed by atoms with E-state index in [4.69, 9.17) is 0 Å². The van der Waals surface area contributed by atoms with E-state index >= 15 is 0 Å². The molecule has 2 rings (SSSR count). The van der Waals surface area contributed by atoms with Gasteiger partial charge in [-0.15, -0.1) is 11.3 Å². The van der Waals surface area contributed by atoms with Gasteiger partial charge in [-0.05, 0) is 12.6 Å². The molecule has 0 radical (unpaired) electrons. The summed E-state index contributed by atoms with van der Waals surface area (Å²) < 4.78 is 37.6. The SMILES string of the molecule is CN=C(NCCc1nc(C(F)(F)F)cs1)NCCN(C)Cc1ccccc1. The van der Waals surface area contributed by atoms with Crippen LogP contribution < -0.4 is 10.6 Å². The number of hydrogen-bond donors (Lipinski definition) is 2. The molecule has 148 valence electrons. The third-order valence-electron chi connectivity index (χ3n) is 3.78. The molecule has 5 nitrogen and oxygen atoms in total. The highest BCUT2D eigenvalue weighted by Gasteiger charge is 2.33. The van der Waals surface area contributed by atoms with Crippen LogP contribution in [0, 0.1) is 0 Å². The second-order valence-corrected chi connectivity index (χ2v) is 6.97. The second kappa shape index (κ2) is 10.3. The summed E-state index contributed by atoms with van der Waals surface area (Å²) in [7, 11) is 3.71. The Hall–Kier alpha value is -2.13. The first-order valence-electron chi connectivity index (χ1n) is 8.57. The lowest BCUT2D eigenvalue weighted by atomic mass is 10.2. The van der Waals surface area contributed by atoms with Crippen molar-refractivity contribution in [1.29, 1.82) is 0 Å². The summed E-state index contributed by atoms with van der Waals surface area (Å²) in [5.41, 5.74) is 0.427. The number of aromatic nitrogens is 1. The predicted molar refractivity (Wildman–Crippen MR) is 103 cm³/mol. The molecular formula is C18H24F3N5S. The van der Waals surface area contributed by atoms with Crippen molar-refractivity contribution in [2.45, 2.75) is 19.1 Å². The van der Waals surface area contributed by atoms with E-state index in [1.807, 2.05) is 25.2 Å². The van der Waals surface area contributed by atoms with Crippen LogP contribution in [0.25, 0.3) is 0 Å². The van der Waals surface area contributed by atoms with E-state index in [2.05, 4.69) is 37.6 Å². The number of hydrogen-bond acceptors (Lipinski definition) is 4. The van der Waals surface area contributed by atoms with E-state index in [0.29, 0.717) is 30.5 Å². The lowest BCUT2D eigenvalue weighted by Gasteiger charge is -2.18. The summed E-state index contributed by atoms with van der Waals surface area (Å²) in [5, 5.41) is 7.80. The maximum atomic E-state index is 12.5. The van der Waals surface area contributed by atoms with Crippen molar-refractivity contribution in [2.24, 2.45) is 4.99 Å². The number of guanidine groups is 1. The number of benzene rings is 1. The molecule has 0 fully saturated rings. The number of aliphatic imine (C=N–C) groups is 1. The van der Waals surface area contributed by atoms with Crippen molar-refractivity contribution in [3.05, 3.63) is 52.0 Å². The van der Waals surface area contributed by atoms with Gasteiger partial charge in [-0.1, -0.05) is 30.3 Å². The van der Waals surface area contributed by atoms with Gasteiger partial charge in [0.1, 0.15) is 0 Å². The summed E-state index contributed by atoms with van der Waals surface area (Å²) in [5.74, 6) is 0.621. The fourth-order valence-corrected chi connectivity index (χ4v) is 3.21. The van der Waals surface area contributed by atoms with Gasteiger partial charge in [-0.25, -0.2) is 4.98 Å². The highest BCUT2D eigenvalue weighted by molar-refractivity contribution is 7.09. The summed E-state index contributed by atoms with van der Waals surface area (Å²) >= 11 is 1.02. The number of halogens is 3. The van der Waals surface area contributed by atoms with E-state index in [-0.39, 0.29) is 0 Å². The summed E-state index contributed by atoms with van der Waals surface area (Å²) in [6.07, 6.45) is -3.97. The summed E-state index contributed by atoms with van der Waals surface area (Å²) in [6, 6.07) is 10.2. The third-order valence-corrected chi connectivity index (χ3v) is 4.69. The fraction of sp³-hybridized carbons (Fsp3) is 0.444. The van der Waals surface area contributed by atoms with Crippen molar-refractivity contribution in [3.63, 3.8) is 0 Å². The predicted octanol–water partition coefficient (Wildman–Crippen LogP) is 3.00. The Kier molecular flexibility index (Phi) is 8.05. The standard InChI is InChI=1S/C18H24F3N5S/c1-22-17(23-9-8-16-25-15(13-27-16)18(19,20)21)24-10-11-26(2)12-14-6-4-3-5-7-14/h3-7,13H,8-12H2,1-2H3,(H2,22,23,24). The van der Waals surface area contributed by atoms with Crippen molar-refractivity contribution in [1.82, 2.24) is 20.5 Å². The molecule has 0 unspecified atom stereocenters. The number of nitrogens with one attached hydrogen (secondary N) is 2. The molecule has 0 aliphatic heterocycles. The molecule has 1 heterocycles. The first kappa shape index (κ1) is 21.2. The van der Waals surface area contributed by atoms with Crippen molar-refractivity contribution in [2.75, 3.05) is 33.7 Å². The molecule has 0 aliphatic carbocycles. The topological polar surface area (TPSA) is 52.6 Å².